The van der Waals surface area contributed by atoms with E-state index in [1.807, 2.05) is 30.3 Å². The van der Waals surface area contributed by atoms with Crippen molar-refractivity contribution in [3.05, 3.63) is 36.0 Å². The summed E-state index contributed by atoms with van der Waals surface area (Å²) in [5, 5.41) is 0.963. The molecular weight excluding hydrogens is 230 g/mol. The number of para-hydroxylation sites is 1. The smallest absolute Gasteiger partial charge is 0.172 e. The number of pyridine rings is 1. The molecule has 0 saturated carbocycles. The Hall–Kier alpha value is -1.94. The van der Waals surface area contributed by atoms with Gasteiger partial charge in [0.2, 0.25) is 0 Å². The molecule has 0 radical (unpaired) electrons. The molecule has 0 spiro atoms. The fourth-order valence-corrected chi connectivity index (χ4v) is 1.70. The maximum atomic E-state index is 11.0. The van der Waals surface area contributed by atoms with Crippen molar-refractivity contribution in [1.82, 2.24) is 4.98 Å². The van der Waals surface area contributed by atoms with Crippen LogP contribution in [0.2, 0.25) is 0 Å². The predicted octanol–water partition coefficient (Wildman–Crippen LogP) is 2.46. The summed E-state index contributed by atoms with van der Waals surface area (Å²) in [6, 6.07) is 9.48. The maximum Gasteiger partial charge on any atom is 0.172 e. The lowest BCUT2D eigenvalue weighted by atomic mass is 10.2. The molecule has 0 aliphatic heterocycles. The average molecular weight is 245 g/mol. The first-order chi connectivity index (χ1) is 8.85. The van der Waals surface area contributed by atoms with Crippen molar-refractivity contribution < 1.29 is 14.3 Å². The lowest BCUT2D eigenvalue weighted by Gasteiger charge is -2.08. The zero-order valence-electron chi connectivity index (χ0n) is 10.3. The van der Waals surface area contributed by atoms with E-state index < -0.39 is 0 Å². The third-order valence-corrected chi connectivity index (χ3v) is 2.58. The van der Waals surface area contributed by atoms with Crippen molar-refractivity contribution in [3.8, 4) is 5.75 Å². The third-order valence-electron chi connectivity index (χ3n) is 2.58. The van der Waals surface area contributed by atoms with Crippen LogP contribution in [0.25, 0.3) is 10.9 Å². The standard InChI is InChI=1S/C14H15NO3/c1-17-7-4-8-18-14-9-11-5-2-3-6-12(11)15-13(14)10-16/h2-3,5-6,9-10H,4,7-8H2,1H3. The molecule has 0 aliphatic carbocycles. The van der Waals surface area contributed by atoms with E-state index in [4.69, 9.17) is 9.47 Å². The van der Waals surface area contributed by atoms with Crippen LogP contribution in [-0.4, -0.2) is 31.6 Å². The predicted molar refractivity (Wildman–Crippen MR) is 69.1 cm³/mol. The Kier molecular flexibility index (Phi) is 4.25. The number of methoxy groups -OCH3 is 1. The maximum absolute atomic E-state index is 11.0. The van der Waals surface area contributed by atoms with Crippen LogP contribution in [0.3, 0.4) is 0 Å². The number of hydrogen-bond acceptors (Lipinski definition) is 4. The van der Waals surface area contributed by atoms with Crippen LogP contribution in [0.15, 0.2) is 30.3 Å². The third kappa shape index (κ3) is 2.84. The van der Waals surface area contributed by atoms with Gasteiger partial charge in [0.25, 0.3) is 0 Å². The van der Waals surface area contributed by atoms with Crippen LogP contribution in [-0.2, 0) is 4.74 Å². The highest BCUT2D eigenvalue weighted by Gasteiger charge is 2.07. The Bertz CT molecular complexity index is 540. The van der Waals surface area contributed by atoms with Gasteiger partial charge in [0.1, 0.15) is 11.4 Å². The molecule has 0 aliphatic rings. The van der Waals surface area contributed by atoms with Gasteiger partial charge in [0.05, 0.1) is 12.1 Å². The van der Waals surface area contributed by atoms with Crippen LogP contribution in [0, 0.1) is 0 Å². The fraction of sp³-hybridized carbons (Fsp3) is 0.286. The second kappa shape index (κ2) is 6.12. The van der Waals surface area contributed by atoms with E-state index in [2.05, 4.69) is 4.98 Å². The summed E-state index contributed by atoms with van der Waals surface area (Å²) in [6.07, 6.45) is 1.50. The second-order valence-electron chi connectivity index (χ2n) is 3.88. The summed E-state index contributed by atoms with van der Waals surface area (Å²) < 4.78 is 10.5. The molecule has 0 unspecified atom stereocenters. The van der Waals surface area contributed by atoms with Crippen molar-refractivity contribution in [2.45, 2.75) is 6.42 Å². The van der Waals surface area contributed by atoms with Gasteiger partial charge in [-0.3, -0.25) is 4.79 Å². The van der Waals surface area contributed by atoms with Gasteiger partial charge in [0.15, 0.2) is 6.29 Å². The Morgan fingerprint density at radius 1 is 1.28 bits per heavy atom. The molecule has 0 atom stereocenters. The molecule has 18 heavy (non-hydrogen) atoms. The SMILES string of the molecule is COCCCOc1cc2ccccc2nc1C=O. The topological polar surface area (TPSA) is 48.4 Å². The molecule has 2 aromatic rings. The van der Waals surface area contributed by atoms with Crippen LogP contribution >= 0.6 is 0 Å². The molecule has 94 valence electrons. The Balaban J connectivity index is 2.22. The van der Waals surface area contributed by atoms with Gasteiger partial charge in [-0.05, 0) is 12.1 Å². The van der Waals surface area contributed by atoms with Crippen LogP contribution in [0.1, 0.15) is 16.9 Å². The average Bonchev–Trinajstić information content (AvgIpc) is 2.42. The van der Waals surface area contributed by atoms with Gasteiger partial charge in [-0.15, -0.1) is 0 Å². The molecule has 0 amide bonds. The van der Waals surface area contributed by atoms with E-state index >= 15 is 0 Å². The number of aromatic nitrogens is 1. The molecule has 1 aromatic carbocycles. The van der Waals surface area contributed by atoms with E-state index in [0.717, 1.165) is 23.6 Å². The second-order valence-corrected chi connectivity index (χ2v) is 3.88. The first-order valence-electron chi connectivity index (χ1n) is 5.82. The quantitative estimate of drug-likeness (QED) is 0.579. The van der Waals surface area contributed by atoms with Crippen molar-refractivity contribution >= 4 is 17.2 Å². The van der Waals surface area contributed by atoms with Gasteiger partial charge in [-0.25, -0.2) is 4.98 Å². The number of aldehydes is 1. The van der Waals surface area contributed by atoms with Crippen molar-refractivity contribution in [1.29, 1.82) is 0 Å². The van der Waals surface area contributed by atoms with Gasteiger partial charge < -0.3 is 9.47 Å². The molecule has 1 aromatic heterocycles. The lowest BCUT2D eigenvalue weighted by molar-refractivity contribution is 0.111. The minimum Gasteiger partial charge on any atom is -0.491 e. The normalized spacial score (nSPS) is 10.5. The zero-order valence-corrected chi connectivity index (χ0v) is 10.3. The highest BCUT2D eigenvalue weighted by atomic mass is 16.5. The highest BCUT2D eigenvalue weighted by Crippen LogP contribution is 2.22. The van der Waals surface area contributed by atoms with Crippen molar-refractivity contribution in [3.63, 3.8) is 0 Å². The summed E-state index contributed by atoms with van der Waals surface area (Å²) in [4.78, 5) is 15.3. The molecule has 0 saturated heterocycles. The first kappa shape index (κ1) is 12.5. The minimum absolute atomic E-state index is 0.339. The van der Waals surface area contributed by atoms with E-state index in [0.29, 0.717) is 24.7 Å². The van der Waals surface area contributed by atoms with E-state index in [9.17, 15) is 4.79 Å². The number of rotatable bonds is 6. The van der Waals surface area contributed by atoms with Gasteiger partial charge in [-0.1, -0.05) is 18.2 Å². The molecule has 2 rings (SSSR count). The van der Waals surface area contributed by atoms with Crippen LogP contribution in [0.4, 0.5) is 0 Å². The number of benzene rings is 1. The number of carbonyl (C=O) groups excluding carboxylic acids is 1. The van der Waals surface area contributed by atoms with Crippen LogP contribution < -0.4 is 4.74 Å². The Morgan fingerprint density at radius 2 is 2.11 bits per heavy atom. The largest absolute Gasteiger partial charge is 0.491 e. The summed E-state index contributed by atoms with van der Waals surface area (Å²) in [6.45, 7) is 1.14. The molecule has 4 nitrogen and oxygen atoms in total. The van der Waals surface area contributed by atoms with E-state index in [-0.39, 0.29) is 0 Å². The molecule has 0 N–H and O–H groups in total. The lowest BCUT2D eigenvalue weighted by Crippen LogP contribution is -2.04. The molecule has 0 bridgehead atoms. The molecule has 4 heteroatoms. The zero-order chi connectivity index (χ0) is 12.8. The summed E-state index contributed by atoms with van der Waals surface area (Å²) in [7, 11) is 1.65. The number of ether oxygens (including phenoxy) is 2. The Labute approximate surface area is 106 Å². The number of nitrogens with zero attached hydrogens (tertiary/aromatic N) is 1. The molecule has 0 fully saturated rings. The molecular formula is C14H15NO3. The van der Waals surface area contributed by atoms with Gasteiger partial charge in [-0.2, -0.15) is 0 Å². The summed E-state index contributed by atoms with van der Waals surface area (Å²) >= 11 is 0. The summed E-state index contributed by atoms with van der Waals surface area (Å²) in [5.74, 6) is 0.528. The first-order valence-corrected chi connectivity index (χ1v) is 5.82. The highest BCUT2D eigenvalue weighted by molar-refractivity contribution is 5.86. The monoisotopic (exact) mass is 245 g/mol. The number of fused-ring (bicyclic) bond motifs is 1. The van der Waals surface area contributed by atoms with E-state index in [1.54, 1.807) is 7.11 Å². The summed E-state index contributed by atoms with van der Waals surface area (Å²) in [5.41, 5.74) is 1.13. The fourth-order valence-electron chi connectivity index (χ4n) is 1.70. The Morgan fingerprint density at radius 3 is 2.89 bits per heavy atom. The van der Waals surface area contributed by atoms with Crippen molar-refractivity contribution in [2.24, 2.45) is 0 Å². The molecule has 1 heterocycles. The number of carbonyl (C=O) groups is 1. The van der Waals surface area contributed by atoms with E-state index in [1.165, 1.54) is 0 Å². The van der Waals surface area contributed by atoms with Gasteiger partial charge in [0, 0.05) is 25.5 Å². The van der Waals surface area contributed by atoms with Gasteiger partial charge >= 0.3 is 0 Å². The number of hydrogen-bond donors (Lipinski definition) is 0. The van der Waals surface area contributed by atoms with Crippen molar-refractivity contribution in [2.75, 3.05) is 20.3 Å². The van der Waals surface area contributed by atoms with Crippen LogP contribution in [0.5, 0.6) is 5.75 Å². The minimum atomic E-state index is 0.339.